The van der Waals surface area contributed by atoms with E-state index in [2.05, 4.69) is 15.6 Å². The van der Waals surface area contributed by atoms with Crippen LogP contribution < -0.4 is 10.6 Å². The first kappa shape index (κ1) is 46.1. The molecule has 3 aliphatic rings. The lowest BCUT2D eigenvalue weighted by atomic mass is 9.98. The van der Waals surface area contributed by atoms with E-state index in [9.17, 15) is 38.1 Å². The number of ether oxygens (including phenoxy) is 2. The Hall–Kier alpha value is -4.94. The molecule has 0 bridgehead atoms. The summed E-state index contributed by atoms with van der Waals surface area (Å²) >= 11 is 0. The molecule has 0 unspecified atom stereocenters. The van der Waals surface area contributed by atoms with Crippen LogP contribution in [0.25, 0.3) is 10.9 Å². The van der Waals surface area contributed by atoms with E-state index in [0.29, 0.717) is 32.4 Å². The molecule has 3 N–H and O–H groups in total. The van der Waals surface area contributed by atoms with Crippen molar-refractivity contribution >= 4 is 60.0 Å². The minimum absolute atomic E-state index is 0.0484. The molecular weight excluding hydrogens is 813 g/mol. The fourth-order valence-electron chi connectivity index (χ4n) is 6.92. The number of nitrogens with one attached hydrogen (secondary N) is 3. The number of hydrogen-bond donors (Lipinski definition) is 3. The van der Waals surface area contributed by atoms with Crippen LogP contribution in [-0.4, -0.2) is 125 Å². The molecule has 0 aliphatic carbocycles. The van der Waals surface area contributed by atoms with Gasteiger partial charge in [-0.2, -0.15) is 8.78 Å². The largest absolute Gasteiger partial charge is 0.438 e. The zero-order chi connectivity index (χ0) is 44.5. The lowest BCUT2D eigenvalue weighted by molar-refractivity contribution is -0.163. The first-order chi connectivity index (χ1) is 27.8. The zero-order valence-corrected chi connectivity index (χ0v) is 35.8. The van der Waals surface area contributed by atoms with Crippen LogP contribution in [-0.2, 0) is 57.5 Å². The van der Waals surface area contributed by atoms with Gasteiger partial charge in [-0.05, 0) is 79.0 Å². The third-order valence-corrected chi connectivity index (χ3v) is 12.4. The first-order valence-electron chi connectivity index (χ1n) is 19.5. The average molecular weight is 867 g/mol. The number of amides is 5. The van der Waals surface area contributed by atoms with Crippen LogP contribution in [0.15, 0.2) is 24.3 Å². The Morgan fingerprint density at radius 3 is 1.95 bits per heavy atom. The van der Waals surface area contributed by atoms with E-state index in [4.69, 9.17) is 18.5 Å². The number of rotatable bonds is 12. The fourth-order valence-corrected chi connectivity index (χ4v) is 8.15. The van der Waals surface area contributed by atoms with Crippen molar-refractivity contribution in [3.8, 4) is 0 Å². The molecule has 18 nitrogen and oxygen atoms in total. The Bertz CT molecular complexity index is 2040. The van der Waals surface area contributed by atoms with Crippen LogP contribution in [0, 0.1) is 10.8 Å². The number of esters is 2. The van der Waals surface area contributed by atoms with Gasteiger partial charge in [-0.1, -0.05) is 6.07 Å². The topological polar surface area (TPSA) is 223 Å². The normalized spacial score (nSPS) is 20.5. The molecule has 60 heavy (non-hydrogen) atoms. The van der Waals surface area contributed by atoms with Crippen LogP contribution in [0.2, 0.25) is 0 Å². The summed E-state index contributed by atoms with van der Waals surface area (Å²) in [7, 11) is -5.63. The number of carbonyl (C=O) groups excluding carboxylic acids is 7. The van der Waals surface area contributed by atoms with Crippen molar-refractivity contribution < 1.29 is 65.4 Å². The Labute approximate surface area is 345 Å². The third-order valence-electron chi connectivity index (χ3n) is 10.5. The van der Waals surface area contributed by atoms with Gasteiger partial charge in [-0.3, -0.25) is 47.2 Å². The van der Waals surface area contributed by atoms with Gasteiger partial charge in [0.05, 0.1) is 16.9 Å². The summed E-state index contributed by atoms with van der Waals surface area (Å²) in [6.07, 6.45) is 1.26. The summed E-state index contributed by atoms with van der Waals surface area (Å²) in [6, 6.07) is 1.46. The minimum Gasteiger partial charge on any atom is -0.438 e. The number of alkyl halides is 2. The van der Waals surface area contributed by atoms with E-state index in [0.717, 1.165) is 12.1 Å². The van der Waals surface area contributed by atoms with Gasteiger partial charge < -0.3 is 39.8 Å². The van der Waals surface area contributed by atoms with Crippen molar-refractivity contribution in [2.24, 2.45) is 10.8 Å². The predicted molar refractivity (Wildman–Crippen MR) is 209 cm³/mol. The summed E-state index contributed by atoms with van der Waals surface area (Å²) in [5.74, 6) is -3.91. The predicted octanol–water partition coefficient (Wildman–Crippen LogP) is 3.59. The summed E-state index contributed by atoms with van der Waals surface area (Å²) in [6.45, 7) is 10.2. The molecule has 21 heteroatoms. The van der Waals surface area contributed by atoms with E-state index in [1.807, 2.05) is 0 Å². The Kier molecular flexibility index (Phi) is 13.5. The van der Waals surface area contributed by atoms with Gasteiger partial charge in [0.25, 0.3) is 5.91 Å². The Morgan fingerprint density at radius 1 is 0.817 bits per heavy atom. The minimum atomic E-state index is -5.63. The highest BCUT2D eigenvalue weighted by Crippen LogP contribution is 2.67. The maximum Gasteiger partial charge on any atom is 0.410 e. The number of benzene rings is 1. The highest BCUT2D eigenvalue weighted by molar-refractivity contribution is 7.54. The summed E-state index contributed by atoms with van der Waals surface area (Å²) in [4.78, 5) is 97.5. The molecule has 5 rings (SSSR count). The SMILES string of the molecule is CC(=O)N1CC(NC(=O)[C@@H]2CC[C@@H]3CCN(C(C)=O)C[C@H](NC(=O)c4cc5cc(C(F)(F)P(=O)(OCOC(=O)C(C)(C)C)OCOC(=O)C(C)(C)C)ccc5[nH]4)C(=O)N32)C1. The number of H-pyrrole nitrogens is 1. The van der Waals surface area contributed by atoms with Gasteiger partial charge in [0, 0.05) is 62.5 Å². The quantitative estimate of drug-likeness (QED) is 0.158. The van der Waals surface area contributed by atoms with Gasteiger partial charge >= 0.3 is 25.2 Å². The standard InChI is InChI=1S/C39H53F2N6O12P/c1-22(48)45-14-13-27-10-12-31(33(51)42-26-17-46(18-26)23(2)49)47(27)34(52)30(19-45)44-32(50)29-16-24-15-25(9-11-28(24)43-29)39(40,41)60(55,58-20-56-35(53)37(3,4)5)59-21-57-36(54)38(6,7)8/h9,11,15-16,26-27,30-31,43H,10,12-14,17-21H2,1-8H3,(H,42,51)(H,44,50)/t27-,30+,31+/m1/s1. The maximum absolute atomic E-state index is 16.3. The molecular formula is C39H53F2N6O12P. The van der Waals surface area contributed by atoms with Crippen molar-refractivity contribution in [3.05, 3.63) is 35.5 Å². The molecule has 5 amide bonds. The number of carbonyl (C=O) groups is 7. The van der Waals surface area contributed by atoms with E-state index >= 15 is 8.78 Å². The van der Waals surface area contributed by atoms with E-state index in [1.165, 1.54) is 77.3 Å². The van der Waals surface area contributed by atoms with Gasteiger partial charge in [-0.25, -0.2) is 0 Å². The lowest BCUT2D eigenvalue weighted by Gasteiger charge is -2.41. The van der Waals surface area contributed by atoms with Gasteiger partial charge in [0.1, 0.15) is 17.8 Å². The number of halogens is 2. The molecule has 3 fully saturated rings. The van der Waals surface area contributed by atoms with Crippen molar-refractivity contribution in [1.29, 1.82) is 0 Å². The molecule has 0 radical (unpaired) electrons. The summed E-state index contributed by atoms with van der Waals surface area (Å²) < 4.78 is 66.1. The molecule has 3 aliphatic heterocycles. The first-order valence-corrected chi connectivity index (χ1v) is 21.1. The van der Waals surface area contributed by atoms with Crippen molar-refractivity contribution in [2.75, 3.05) is 39.8 Å². The lowest BCUT2D eigenvalue weighted by Crippen LogP contribution is -2.64. The molecule has 0 spiro atoms. The number of nitrogens with zero attached hydrogens (tertiary/aromatic N) is 3. The zero-order valence-electron chi connectivity index (χ0n) is 34.9. The highest BCUT2D eigenvalue weighted by Gasteiger charge is 2.56. The van der Waals surface area contributed by atoms with Gasteiger partial charge in [-0.15, -0.1) is 0 Å². The van der Waals surface area contributed by atoms with E-state index < -0.39 is 85.1 Å². The average Bonchev–Trinajstić information content (AvgIpc) is 3.76. The molecule has 4 heterocycles. The van der Waals surface area contributed by atoms with Crippen molar-refractivity contribution in [1.82, 2.24) is 30.3 Å². The third kappa shape index (κ3) is 10.1. The van der Waals surface area contributed by atoms with Crippen molar-refractivity contribution in [3.63, 3.8) is 0 Å². The monoisotopic (exact) mass is 866 g/mol. The second-order valence-electron chi connectivity index (χ2n) is 17.3. The highest BCUT2D eigenvalue weighted by atomic mass is 31.2. The molecule has 0 saturated carbocycles. The molecule has 2 aromatic rings. The second-order valence-corrected chi connectivity index (χ2v) is 19.4. The molecule has 1 aromatic carbocycles. The number of likely N-dealkylation sites (tertiary alicyclic amines) is 1. The molecule has 330 valence electrons. The van der Waals surface area contributed by atoms with Crippen molar-refractivity contribution in [2.45, 2.75) is 104 Å². The molecule has 3 atom stereocenters. The fraction of sp³-hybridized carbons (Fsp3) is 0.615. The number of aromatic nitrogens is 1. The van der Waals surface area contributed by atoms with E-state index in [1.54, 1.807) is 4.90 Å². The second kappa shape index (κ2) is 17.6. The van der Waals surface area contributed by atoms with Crippen LogP contribution >= 0.6 is 7.60 Å². The number of hydrogen-bond acceptors (Lipinski definition) is 12. The summed E-state index contributed by atoms with van der Waals surface area (Å²) in [5, 5.41) is 5.62. The van der Waals surface area contributed by atoms with Crippen LogP contribution in [0.5, 0.6) is 0 Å². The Balaban J connectivity index is 1.36. The maximum atomic E-state index is 16.3. The Morgan fingerprint density at radius 2 is 1.40 bits per heavy atom. The molecule has 1 aromatic heterocycles. The number of aromatic amines is 1. The van der Waals surface area contributed by atoms with Gasteiger partial charge in [0.2, 0.25) is 37.2 Å². The molecule has 3 saturated heterocycles. The van der Waals surface area contributed by atoms with Crippen LogP contribution in [0.4, 0.5) is 8.78 Å². The smallest absolute Gasteiger partial charge is 0.410 e. The van der Waals surface area contributed by atoms with Gasteiger partial charge in [0.15, 0.2) is 0 Å². The van der Waals surface area contributed by atoms with Crippen LogP contribution in [0.1, 0.15) is 90.7 Å². The summed E-state index contributed by atoms with van der Waals surface area (Å²) in [5.41, 5.74) is -7.37. The number of fused-ring (bicyclic) bond motifs is 2. The van der Waals surface area contributed by atoms with E-state index in [-0.39, 0.29) is 53.4 Å². The van der Waals surface area contributed by atoms with Crippen LogP contribution in [0.3, 0.4) is 0 Å².